The lowest BCUT2D eigenvalue weighted by Crippen LogP contribution is -2.34. The molecule has 154 valence electrons. The van der Waals surface area contributed by atoms with Crippen LogP contribution in [-0.2, 0) is 0 Å². The van der Waals surface area contributed by atoms with Crippen molar-refractivity contribution >= 4 is 11.7 Å². The van der Waals surface area contributed by atoms with E-state index in [0.29, 0.717) is 24.7 Å². The molecular weight excluding hydrogens is 368 g/mol. The van der Waals surface area contributed by atoms with Crippen molar-refractivity contribution in [1.82, 2.24) is 9.97 Å². The number of methoxy groups -OCH3 is 1. The van der Waals surface area contributed by atoms with Gasteiger partial charge in [-0.1, -0.05) is 0 Å². The molecule has 7 heteroatoms. The lowest BCUT2D eigenvalue weighted by Gasteiger charge is -2.37. The molecule has 1 aliphatic heterocycles. The van der Waals surface area contributed by atoms with Gasteiger partial charge < -0.3 is 19.5 Å². The van der Waals surface area contributed by atoms with Crippen LogP contribution in [0.1, 0.15) is 48.8 Å². The zero-order valence-electron chi connectivity index (χ0n) is 17.4. The first-order chi connectivity index (χ1) is 14.0. The number of aromatic nitrogens is 2. The van der Waals surface area contributed by atoms with Gasteiger partial charge in [0.05, 0.1) is 31.6 Å². The van der Waals surface area contributed by atoms with Crippen molar-refractivity contribution in [3.8, 4) is 11.5 Å². The highest BCUT2D eigenvalue weighted by Gasteiger charge is 2.37. The van der Waals surface area contributed by atoms with Gasteiger partial charge in [0.1, 0.15) is 0 Å². The molecule has 1 aromatic heterocycles. The van der Waals surface area contributed by atoms with E-state index >= 15 is 0 Å². The Morgan fingerprint density at radius 1 is 1.14 bits per heavy atom. The van der Waals surface area contributed by atoms with Crippen LogP contribution in [-0.4, -0.2) is 60.7 Å². The highest BCUT2D eigenvalue weighted by molar-refractivity contribution is 6.14. The molecular formula is C22H28N4O3. The fourth-order valence-corrected chi connectivity index (χ4v) is 4.28. The zero-order valence-corrected chi connectivity index (χ0v) is 17.4. The topological polar surface area (TPSA) is 80.1 Å². The number of nitrogens with zero attached hydrogens (tertiary/aromatic N) is 4. The lowest BCUT2D eigenvalue weighted by molar-refractivity contribution is 0.111. The molecule has 0 radical (unpaired) electrons. The number of aliphatic hydroxyl groups excluding tert-OH is 1. The maximum Gasteiger partial charge on any atom is 0.224 e. The van der Waals surface area contributed by atoms with Gasteiger partial charge in [0.15, 0.2) is 11.5 Å². The summed E-state index contributed by atoms with van der Waals surface area (Å²) in [7, 11) is 5.48. The molecule has 1 N–H and O–H groups in total. The van der Waals surface area contributed by atoms with E-state index in [1.54, 1.807) is 7.11 Å². The fourth-order valence-electron chi connectivity index (χ4n) is 4.28. The predicted octanol–water partition coefficient (Wildman–Crippen LogP) is 2.80. The van der Waals surface area contributed by atoms with E-state index in [1.165, 1.54) is 0 Å². The van der Waals surface area contributed by atoms with Gasteiger partial charge in [0.25, 0.3) is 0 Å². The number of fused-ring (bicyclic) bond motifs is 3. The summed E-state index contributed by atoms with van der Waals surface area (Å²) in [5, 5.41) is 10.3. The van der Waals surface area contributed by atoms with Gasteiger partial charge in [-0.25, -0.2) is 9.97 Å². The molecule has 1 aromatic carbocycles. The van der Waals surface area contributed by atoms with E-state index in [9.17, 15) is 5.11 Å². The largest absolute Gasteiger partial charge is 0.493 e. The van der Waals surface area contributed by atoms with Crippen molar-refractivity contribution < 1.29 is 14.6 Å². The minimum absolute atomic E-state index is 0.136. The molecule has 0 spiro atoms. The molecule has 1 fully saturated rings. The summed E-state index contributed by atoms with van der Waals surface area (Å²) in [5.41, 5.74) is 3.92. The average Bonchev–Trinajstić information content (AvgIpc) is 2.73. The minimum atomic E-state index is -0.291. The van der Waals surface area contributed by atoms with Crippen LogP contribution in [0, 0.1) is 0 Å². The predicted molar refractivity (Wildman–Crippen MR) is 113 cm³/mol. The number of aliphatic hydroxyl groups is 1. The Balaban J connectivity index is 1.84. The summed E-state index contributed by atoms with van der Waals surface area (Å²) < 4.78 is 11.4. The quantitative estimate of drug-likeness (QED) is 0.837. The second-order valence-electron chi connectivity index (χ2n) is 7.81. The van der Waals surface area contributed by atoms with Crippen LogP contribution >= 0.6 is 0 Å². The third kappa shape index (κ3) is 3.67. The van der Waals surface area contributed by atoms with Crippen molar-refractivity contribution in [2.75, 3.05) is 32.7 Å². The van der Waals surface area contributed by atoms with Crippen molar-refractivity contribution in [2.45, 2.75) is 44.2 Å². The van der Waals surface area contributed by atoms with E-state index in [2.05, 4.69) is 16.0 Å². The van der Waals surface area contributed by atoms with Crippen LogP contribution in [0.5, 0.6) is 11.5 Å². The Bertz CT molecular complexity index is 911. The van der Waals surface area contributed by atoms with E-state index in [0.717, 1.165) is 41.0 Å². The Hall–Kier alpha value is -2.67. The van der Waals surface area contributed by atoms with Gasteiger partial charge in [-0.05, 0) is 43.9 Å². The molecule has 2 aromatic rings. The molecule has 0 amide bonds. The zero-order chi connectivity index (χ0) is 20.5. The summed E-state index contributed by atoms with van der Waals surface area (Å²) in [6.45, 7) is 2.52. The molecule has 1 aliphatic carbocycles. The SMILES string of the molecule is CCOc1cc2c(cc1OC)C(c1cnc(N(C)C)nc1)=N[C@@H]1CC[C@@H](O)C[C@H]21. The molecule has 4 rings (SSSR count). The second kappa shape index (κ2) is 7.99. The number of benzene rings is 1. The summed E-state index contributed by atoms with van der Waals surface area (Å²) >= 11 is 0. The van der Waals surface area contributed by atoms with Crippen molar-refractivity contribution in [3.05, 3.63) is 41.2 Å². The second-order valence-corrected chi connectivity index (χ2v) is 7.81. The van der Waals surface area contributed by atoms with Gasteiger partial charge in [-0.15, -0.1) is 0 Å². The van der Waals surface area contributed by atoms with Gasteiger partial charge in [-0.2, -0.15) is 0 Å². The molecule has 29 heavy (non-hydrogen) atoms. The van der Waals surface area contributed by atoms with Gasteiger partial charge >= 0.3 is 0 Å². The third-order valence-corrected chi connectivity index (χ3v) is 5.68. The fraction of sp³-hybridized carbons (Fsp3) is 0.500. The van der Waals surface area contributed by atoms with Crippen LogP contribution in [0.4, 0.5) is 5.95 Å². The highest BCUT2D eigenvalue weighted by Crippen LogP contribution is 2.44. The van der Waals surface area contributed by atoms with E-state index in [4.69, 9.17) is 14.5 Å². The summed E-state index contributed by atoms with van der Waals surface area (Å²) in [4.78, 5) is 15.9. The Labute approximate surface area is 171 Å². The number of ether oxygens (including phenoxy) is 2. The first-order valence-corrected chi connectivity index (χ1v) is 10.1. The Kier molecular flexibility index (Phi) is 5.41. The number of aliphatic imine (C=N–C) groups is 1. The highest BCUT2D eigenvalue weighted by atomic mass is 16.5. The summed E-state index contributed by atoms with van der Waals surface area (Å²) in [6.07, 6.45) is 5.71. The molecule has 0 unspecified atom stereocenters. The van der Waals surface area contributed by atoms with Crippen molar-refractivity contribution in [1.29, 1.82) is 0 Å². The number of rotatable bonds is 5. The van der Waals surface area contributed by atoms with E-state index in [1.807, 2.05) is 44.4 Å². The summed E-state index contributed by atoms with van der Waals surface area (Å²) in [6, 6.07) is 4.20. The number of hydrogen-bond donors (Lipinski definition) is 1. The summed E-state index contributed by atoms with van der Waals surface area (Å²) in [5.74, 6) is 2.24. The molecule has 2 heterocycles. The minimum Gasteiger partial charge on any atom is -0.493 e. The molecule has 0 saturated heterocycles. The van der Waals surface area contributed by atoms with E-state index < -0.39 is 0 Å². The van der Waals surface area contributed by atoms with E-state index in [-0.39, 0.29) is 18.1 Å². The Morgan fingerprint density at radius 2 is 1.90 bits per heavy atom. The number of hydrogen-bond acceptors (Lipinski definition) is 7. The molecule has 2 aliphatic rings. The van der Waals surface area contributed by atoms with Crippen LogP contribution in [0.3, 0.4) is 0 Å². The van der Waals surface area contributed by atoms with Crippen LogP contribution in [0.25, 0.3) is 0 Å². The smallest absolute Gasteiger partial charge is 0.224 e. The van der Waals surface area contributed by atoms with Crippen LogP contribution < -0.4 is 14.4 Å². The van der Waals surface area contributed by atoms with Crippen molar-refractivity contribution in [2.24, 2.45) is 4.99 Å². The molecule has 1 saturated carbocycles. The average molecular weight is 396 g/mol. The Morgan fingerprint density at radius 3 is 2.55 bits per heavy atom. The normalized spacial score (nSPS) is 22.9. The first-order valence-electron chi connectivity index (χ1n) is 10.1. The van der Waals surface area contributed by atoms with Crippen LogP contribution in [0.2, 0.25) is 0 Å². The van der Waals surface area contributed by atoms with Gasteiger partial charge in [-0.3, -0.25) is 4.99 Å². The van der Waals surface area contributed by atoms with Gasteiger partial charge in [0, 0.05) is 43.5 Å². The molecule has 0 bridgehead atoms. The third-order valence-electron chi connectivity index (χ3n) is 5.68. The van der Waals surface area contributed by atoms with Gasteiger partial charge in [0.2, 0.25) is 5.95 Å². The first kappa shape index (κ1) is 19.6. The maximum absolute atomic E-state index is 10.3. The van der Waals surface area contributed by atoms with Crippen molar-refractivity contribution in [3.63, 3.8) is 0 Å². The maximum atomic E-state index is 10.3. The standard InChI is InChI=1S/C22H28N4O3/c1-5-29-20-9-15-16-8-14(27)6-7-18(16)25-21(17(15)10-19(20)28-4)13-11-23-22(24-12-13)26(2)3/h9-12,14,16,18,27H,5-8H2,1-4H3/t14-,16-,18-/m1/s1. The monoisotopic (exact) mass is 396 g/mol. The lowest BCUT2D eigenvalue weighted by atomic mass is 9.74. The molecule has 3 atom stereocenters. The molecule has 7 nitrogen and oxygen atoms in total. The number of anilines is 1. The van der Waals surface area contributed by atoms with Crippen LogP contribution in [0.15, 0.2) is 29.5 Å².